The Kier molecular flexibility index (Phi) is 3.15. The number of aliphatic carboxylic acids is 1. The molecule has 0 aromatic carbocycles. The Morgan fingerprint density at radius 3 is 2.71 bits per heavy atom. The summed E-state index contributed by atoms with van der Waals surface area (Å²) in [5, 5.41) is 9.88. The molecule has 1 saturated heterocycles. The van der Waals surface area contributed by atoms with Crippen molar-refractivity contribution >= 4 is 23.2 Å². The highest BCUT2D eigenvalue weighted by Gasteiger charge is 2.35. The molecule has 2 rings (SSSR count). The standard InChI is InChI=1S/C11H14N2O3S/c1-6-9(17-7(2)12-6)10(14)13-5-3-4-8(13)11(15)16/h8H,3-5H2,1-2H3,(H,15,16). The second-order valence-corrected chi connectivity index (χ2v) is 5.35. The average Bonchev–Trinajstić information content (AvgIpc) is 2.83. The molecule has 0 bridgehead atoms. The van der Waals surface area contributed by atoms with Gasteiger partial charge in [-0.3, -0.25) is 4.79 Å². The van der Waals surface area contributed by atoms with Gasteiger partial charge in [0.15, 0.2) is 0 Å². The number of carbonyl (C=O) groups is 2. The van der Waals surface area contributed by atoms with Crippen LogP contribution in [-0.2, 0) is 4.79 Å². The highest BCUT2D eigenvalue weighted by Crippen LogP contribution is 2.25. The van der Waals surface area contributed by atoms with Gasteiger partial charge in [0.2, 0.25) is 0 Å². The third-order valence-corrected chi connectivity index (χ3v) is 3.96. The van der Waals surface area contributed by atoms with Crippen LogP contribution in [0.25, 0.3) is 0 Å². The molecule has 0 radical (unpaired) electrons. The number of hydrogen-bond acceptors (Lipinski definition) is 4. The summed E-state index contributed by atoms with van der Waals surface area (Å²) in [7, 11) is 0. The summed E-state index contributed by atoms with van der Waals surface area (Å²) in [6, 6.07) is -0.677. The molecule has 1 fully saturated rings. The maximum absolute atomic E-state index is 12.2. The molecular weight excluding hydrogens is 240 g/mol. The van der Waals surface area contributed by atoms with E-state index in [2.05, 4.69) is 4.98 Å². The molecule has 0 saturated carbocycles. The van der Waals surface area contributed by atoms with E-state index >= 15 is 0 Å². The Morgan fingerprint density at radius 1 is 1.47 bits per heavy atom. The van der Waals surface area contributed by atoms with Crippen LogP contribution in [0.4, 0.5) is 0 Å². The fourth-order valence-electron chi connectivity index (χ4n) is 2.13. The van der Waals surface area contributed by atoms with Gasteiger partial charge in [-0.1, -0.05) is 0 Å². The van der Waals surface area contributed by atoms with Crippen LogP contribution in [-0.4, -0.2) is 39.5 Å². The molecule has 0 aliphatic carbocycles. The number of thiazole rings is 1. The van der Waals surface area contributed by atoms with Crippen LogP contribution in [0.2, 0.25) is 0 Å². The van der Waals surface area contributed by atoms with Crippen molar-refractivity contribution in [3.8, 4) is 0 Å². The number of nitrogens with zero attached hydrogens (tertiary/aromatic N) is 2. The lowest BCUT2D eigenvalue weighted by Gasteiger charge is -2.20. The van der Waals surface area contributed by atoms with Crippen molar-refractivity contribution in [1.82, 2.24) is 9.88 Å². The van der Waals surface area contributed by atoms with Crippen molar-refractivity contribution in [3.05, 3.63) is 15.6 Å². The summed E-state index contributed by atoms with van der Waals surface area (Å²) < 4.78 is 0. The third kappa shape index (κ3) is 2.17. The summed E-state index contributed by atoms with van der Waals surface area (Å²) in [5.41, 5.74) is 0.688. The zero-order valence-corrected chi connectivity index (χ0v) is 10.6. The minimum Gasteiger partial charge on any atom is -0.480 e. The Morgan fingerprint density at radius 2 is 2.18 bits per heavy atom. The van der Waals surface area contributed by atoms with Crippen molar-refractivity contribution < 1.29 is 14.7 Å². The second-order valence-electron chi connectivity index (χ2n) is 4.14. The van der Waals surface area contributed by atoms with Gasteiger partial charge in [-0.15, -0.1) is 11.3 Å². The minimum atomic E-state index is -0.922. The van der Waals surface area contributed by atoms with Gasteiger partial charge in [-0.05, 0) is 26.7 Å². The lowest BCUT2D eigenvalue weighted by atomic mass is 10.2. The molecule has 1 N–H and O–H groups in total. The van der Waals surface area contributed by atoms with E-state index in [1.807, 2.05) is 6.92 Å². The zero-order chi connectivity index (χ0) is 12.6. The topological polar surface area (TPSA) is 70.5 Å². The number of aromatic nitrogens is 1. The van der Waals surface area contributed by atoms with Gasteiger partial charge >= 0.3 is 5.97 Å². The number of likely N-dealkylation sites (tertiary alicyclic amines) is 1. The predicted octanol–water partition coefficient (Wildman–Crippen LogP) is 1.45. The first-order valence-electron chi connectivity index (χ1n) is 5.48. The van der Waals surface area contributed by atoms with E-state index < -0.39 is 12.0 Å². The molecule has 1 atom stereocenters. The third-order valence-electron chi connectivity index (χ3n) is 2.90. The molecule has 1 aliphatic heterocycles. The van der Waals surface area contributed by atoms with Crippen molar-refractivity contribution in [2.24, 2.45) is 0 Å². The maximum Gasteiger partial charge on any atom is 0.326 e. The Labute approximate surface area is 103 Å². The monoisotopic (exact) mass is 254 g/mol. The van der Waals surface area contributed by atoms with Crippen molar-refractivity contribution in [2.75, 3.05) is 6.54 Å². The van der Waals surface area contributed by atoms with Crippen LogP contribution in [0.1, 0.15) is 33.2 Å². The van der Waals surface area contributed by atoms with Crippen LogP contribution in [0, 0.1) is 13.8 Å². The number of amides is 1. The van der Waals surface area contributed by atoms with E-state index in [9.17, 15) is 9.59 Å². The smallest absolute Gasteiger partial charge is 0.326 e. The van der Waals surface area contributed by atoms with Gasteiger partial charge in [-0.25, -0.2) is 9.78 Å². The largest absolute Gasteiger partial charge is 0.480 e. The molecule has 5 nitrogen and oxygen atoms in total. The number of hydrogen-bond donors (Lipinski definition) is 1. The number of carbonyl (C=O) groups excluding carboxylic acids is 1. The first-order chi connectivity index (χ1) is 8.00. The highest BCUT2D eigenvalue weighted by molar-refractivity contribution is 7.13. The first-order valence-corrected chi connectivity index (χ1v) is 6.30. The number of carboxylic acid groups (broad SMARTS) is 1. The molecule has 17 heavy (non-hydrogen) atoms. The summed E-state index contributed by atoms with van der Waals surface area (Å²) >= 11 is 1.33. The van der Waals surface area contributed by atoms with Crippen LogP contribution >= 0.6 is 11.3 Å². The zero-order valence-electron chi connectivity index (χ0n) is 9.77. The molecule has 1 amide bonds. The fourth-order valence-corrected chi connectivity index (χ4v) is 3.00. The summed E-state index contributed by atoms with van der Waals surface area (Å²) in [6.45, 7) is 4.14. The number of rotatable bonds is 2. The molecule has 0 spiro atoms. The van der Waals surface area contributed by atoms with E-state index in [-0.39, 0.29) is 5.91 Å². The van der Waals surface area contributed by atoms with Gasteiger partial charge in [-0.2, -0.15) is 0 Å². The van der Waals surface area contributed by atoms with Gasteiger partial charge in [0.1, 0.15) is 10.9 Å². The van der Waals surface area contributed by atoms with E-state index in [1.54, 1.807) is 6.92 Å². The molecular formula is C11H14N2O3S. The second kappa shape index (κ2) is 4.44. The van der Waals surface area contributed by atoms with E-state index in [0.717, 1.165) is 11.4 Å². The summed E-state index contributed by atoms with van der Waals surface area (Å²) in [5.74, 6) is -1.12. The predicted molar refractivity (Wildman–Crippen MR) is 63.3 cm³/mol. The highest BCUT2D eigenvalue weighted by atomic mass is 32.1. The molecule has 1 unspecified atom stereocenters. The molecule has 2 heterocycles. The van der Waals surface area contributed by atoms with Crippen molar-refractivity contribution in [3.63, 3.8) is 0 Å². The van der Waals surface area contributed by atoms with Crippen molar-refractivity contribution in [1.29, 1.82) is 0 Å². The Bertz CT molecular complexity index is 469. The van der Waals surface area contributed by atoms with Gasteiger partial charge < -0.3 is 10.0 Å². The molecule has 1 aromatic rings. The quantitative estimate of drug-likeness (QED) is 0.867. The van der Waals surface area contributed by atoms with Crippen LogP contribution < -0.4 is 0 Å². The number of carboxylic acids is 1. The minimum absolute atomic E-state index is 0.196. The SMILES string of the molecule is Cc1nc(C)c(C(=O)N2CCCC2C(=O)O)s1. The normalized spacial score (nSPS) is 19.6. The van der Waals surface area contributed by atoms with Crippen LogP contribution in [0.5, 0.6) is 0 Å². The van der Waals surface area contributed by atoms with Crippen LogP contribution in [0.15, 0.2) is 0 Å². The molecule has 6 heteroatoms. The molecule has 1 aromatic heterocycles. The average molecular weight is 254 g/mol. The maximum atomic E-state index is 12.2. The first kappa shape index (κ1) is 12.0. The lowest BCUT2D eigenvalue weighted by Crippen LogP contribution is -2.40. The van der Waals surface area contributed by atoms with Crippen molar-refractivity contribution in [2.45, 2.75) is 32.7 Å². The van der Waals surface area contributed by atoms with E-state index in [1.165, 1.54) is 16.2 Å². The molecule has 1 aliphatic rings. The van der Waals surface area contributed by atoms with E-state index in [4.69, 9.17) is 5.11 Å². The number of aryl methyl sites for hydroxylation is 2. The van der Waals surface area contributed by atoms with Gasteiger partial charge in [0.05, 0.1) is 10.7 Å². The van der Waals surface area contributed by atoms with Gasteiger partial charge in [0, 0.05) is 6.54 Å². The van der Waals surface area contributed by atoms with Gasteiger partial charge in [0.25, 0.3) is 5.91 Å². The van der Waals surface area contributed by atoms with Crippen LogP contribution in [0.3, 0.4) is 0 Å². The Hall–Kier alpha value is -1.43. The summed E-state index contributed by atoms with van der Waals surface area (Å²) in [6.07, 6.45) is 1.29. The summed E-state index contributed by atoms with van der Waals surface area (Å²) in [4.78, 5) is 29.5. The lowest BCUT2D eigenvalue weighted by molar-refractivity contribution is -0.141. The fraction of sp³-hybridized carbons (Fsp3) is 0.545. The molecule has 92 valence electrons. The Balaban J connectivity index is 2.25. The van der Waals surface area contributed by atoms with E-state index in [0.29, 0.717) is 23.5 Å².